The highest BCUT2D eigenvalue weighted by atomic mass is 79.9. The summed E-state index contributed by atoms with van der Waals surface area (Å²) >= 11 is 3.09. The molecule has 0 bridgehead atoms. The first kappa shape index (κ1) is 13.7. The molecule has 0 radical (unpaired) electrons. The predicted molar refractivity (Wildman–Crippen MR) is 78.5 cm³/mol. The molecule has 2 aromatic rings. The standard InChI is InChI=1S/C16H14BrF2N/c17-14-5-6-15(18)13(16(14)19)9-20-12-7-10-3-1-2-4-11(10)8-12/h1-6,12,20H,7-9H2. The molecular weight excluding hydrogens is 324 g/mol. The Morgan fingerprint density at radius 1 is 1.05 bits per heavy atom. The molecule has 0 unspecified atom stereocenters. The van der Waals surface area contributed by atoms with E-state index in [0.29, 0.717) is 4.47 Å². The highest BCUT2D eigenvalue weighted by Crippen LogP contribution is 2.24. The minimum Gasteiger partial charge on any atom is -0.309 e. The summed E-state index contributed by atoms with van der Waals surface area (Å²) in [6.07, 6.45) is 1.82. The summed E-state index contributed by atoms with van der Waals surface area (Å²) in [7, 11) is 0. The van der Waals surface area contributed by atoms with Crippen molar-refractivity contribution in [3.05, 3.63) is 69.2 Å². The minimum absolute atomic E-state index is 0.0929. The van der Waals surface area contributed by atoms with E-state index in [9.17, 15) is 8.78 Å². The molecule has 2 aromatic carbocycles. The van der Waals surface area contributed by atoms with Crippen LogP contribution in [0.15, 0.2) is 40.9 Å². The molecule has 0 heterocycles. The number of fused-ring (bicyclic) bond motifs is 1. The number of benzene rings is 2. The summed E-state index contributed by atoms with van der Waals surface area (Å²) in [4.78, 5) is 0. The second-order valence-corrected chi connectivity index (χ2v) is 5.93. The van der Waals surface area contributed by atoms with E-state index in [4.69, 9.17) is 0 Å². The molecule has 1 N–H and O–H groups in total. The van der Waals surface area contributed by atoms with Gasteiger partial charge in [0.05, 0.1) is 4.47 Å². The van der Waals surface area contributed by atoms with Crippen molar-refractivity contribution in [2.75, 3.05) is 0 Å². The van der Waals surface area contributed by atoms with Crippen LogP contribution < -0.4 is 5.32 Å². The Morgan fingerprint density at radius 3 is 2.35 bits per heavy atom. The zero-order chi connectivity index (χ0) is 14.1. The molecular formula is C16H14BrF2N. The monoisotopic (exact) mass is 337 g/mol. The van der Waals surface area contributed by atoms with Crippen molar-refractivity contribution in [3.63, 3.8) is 0 Å². The second kappa shape index (κ2) is 5.62. The quantitative estimate of drug-likeness (QED) is 0.835. The molecule has 3 rings (SSSR count). The van der Waals surface area contributed by atoms with E-state index < -0.39 is 11.6 Å². The summed E-state index contributed by atoms with van der Waals surface area (Å²) in [5.74, 6) is -1.03. The molecule has 0 fully saturated rings. The van der Waals surface area contributed by atoms with Crippen LogP contribution in [0.5, 0.6) is 0 Å². The zero-order valence-electron chi connectivity index (χ0n) is 10.8. The van der Waals surface area contributed by atoms with Gasteiger partial charge in [0.15, 0.2) is 0 Å². The Balaban J connectivity index is 1.69. The van der Waals surface area contributed by atoms with Gasteiger partial charge in [0.2, 0.25) is 0 Å². The number of halogens is 3. The number of hydrogen-bond donors (Lipinski definition) is 1. The molecule has 0 saturated heterocycles. The lowest BCUT2D eigenvalue weighted by molar-refractivity contribution is 0.490. The van der Waals surface area contributed by atoms with Crippen molar-refractivity contribution in [2.45, 2.75) is 25.4 Å². The topological polar surface area (TPSA) is 12.0 Å². The Bertz CT molecular complexity index is 617. The van der Waals surface area contributed by atoms with Crippen molar-refractivity contribution in [3.8, 4) is 0 Å². The van der Waals surface area contributed by atoms with E-state index in [1.54, 1.807) is 0 Å². The van der Waals surface area contributed by atoms with E-state index in [-0.39, 0.29) is 18.2 Å². The fraction of sp³-hybridized carbons (Fsp3) is 0.250. The van der Waals surface area contributed by atoms with Crippen molar-refractivity contribution in [1.82, 2.24) is 5.32 Å². The van der Waals surface area contributed by atoms with Crippen LogP contribution in [0.1, 0.15) is 16.7 Å². The molecule has 0 aliphatic heterocycles. The third-order valence-corrected chi connectivity index (χ3v) is 4.37. The zero-order valence-corrected chi connectivity index (χ0v) is 12.4. The van der Waals surface area contributed by atoms with Gasteiger partial charge < -0.3 is 5.32 Å². The van der Waals surface area contributed by atoms with Crippen LogP contribution in [-0.4, -0.2) is 6.04 Å². The molecule has 4 heteroatoms. The second-order valence-electron chi connectivity index (χ2n) is 5.08. The highest BCUT2D eigenvalue weighted by Gasteiger charge is 2.21. The SMILES string of the molecule is Fc1ccc(Br)c(F)c1CNC1Cc2ccccc2C1. The average molecular weight is 338 g/mol. The number of nitrogens with one attached hydrogen (secondary N) is 1. The molecule has 0 spiro atoms. The largest absolute Gasteiger partial charge is 0.309 e. The normalized spacial score (nSPS) is 14.6. The Labute approximate surface area is 125 Å². The lowest BCUT2D eigenvalue weighted by Crippen LogP contribution is -2.29. The lowest BCUT2D eigenvalue weighted by atomic mass is 10.1. The van der Waals surface area contributed by atoms with Gasteiger partial charge in [0.25, 0.3) is 0 Å². The van der Waals surface area contributed by atoms with Crippen molar-refractivity contribution >= 4 is 15.9 Å². The van der Waals surface area contributed by atoms with Gasteiger partial charge >= 0.3 is 0 Å². The third kappa shape index (κ3) is 2.63. The van der Waals surface area contributed by atoms with Gasteiger partial charge in [-0.25, -0.2) is 8.78 Å². The predicted octanol–water partition coefficient (Wildman–Crippen LogP) is 3.98. The maximum absolute atomic E-state index is 13.9. The first-order valence-corrected chi connectivity index (χ1v) is 7.37. The molecule has 20 heavy (non-hydrogen) atoms. The number of rotatable bonds is 3. The summed E-state index contributed by atoms with van der Waals surface area (Å²) in [5.41, 5.74) is 2.73. The molecule has 1 aliphatic rings. The molecule has 1 nitrogen and oxygen atoms in total. The van der Waals surface area contributed by atoms with Gasteiger partial charge in [0.1, 0.15) is 11.6 Å². The highest BCUT2D eigenvalue weighted by molar-refractivity contribution is 9.10. The maximum atomic E-state index is 13.9. The van der Waals surface area contributed by atoms with Crippen molar-refractivity contribution in [1.29, 1.82) is 0 Å². The first-order valence-electron chi connectivity index (χ1n) is 6.57. The Kier molecular flexibility index (Phi) is 3.85. The van der Waals surface area contributed by atoms with Crippen LogP contribution in [0.4, 0.5) is 8.78 Å². The fourth-order valence-corrected chi connectivity index (χ4v) is 3.05. The smallest absolute Gasteiger partial charge is 0.144 e. The van der Waals surface area contributed by atoms with Crippen molar-refractivity contribution < 1.29 is 8.78 Å². The number of hydrogen-bond acceptors (Lipinski definition) is 1. The van der Waals surface area contributed by atoms with Crippen LogP contribution in [0.2, 0.25) is 0 Å². The molecule has 0 atom stereocenters. The van der Waals surface area contributed by atoms with Crippen LogP contribution in [0.3, 0.4) is 0 Å². The molecule has 104 valence electrons. The van der Waals surface area contributed by atoms with Gasteiger partial charge in [-0.2, -0.15) is 0 Å². The molecule has 0 amide bonds. The van der Waals surface area contributed by atoms with E-state index >= 15 is 0 Å². The molecule has 0 saturated carbocycles. The average Bonchev–Trinajstić information content (AvgIpc) is 2.86. The van der Waals surface area contributed by atoms with Gasteiger partial charge in [-0.1, -0.05) is 24.3 Å². The van der Waals surface area contributed by atoms with Crippen molar-refractivity contribution in [2.24, 2.45) is 0 Å². The van der Waals surface area contributed by atoms with E-state index in [0.717, 1.165) is 12.8 Å². The maximum Gasteiger partial charge on any atom is 0.144 e. The Hall–Kier alpha value is -1.26. The van der Waals surface area contributed by atoms with E-state index in [1.807, 2.05) is 12.1 Å². The van der Waals surface area contributed by atoms with E-state index in [1.165, 1.54) is 23.3 Å². The van der Waals surface area contributed by atoms with Crippen LogP contribution >= 0.6 is 15.9 Å². The minimum atomic E-state index is -0.520. The van der Waals surface area contributed by atoms with Gasteiger partial charge in [-0.05, 0) is 52.0 Å². The van der Waals surface area contributed by atoms with Gasteiger partial charge in [-0.3, -0.25) is 0 Å². The Morgan fingerprint density at radius 2 is 1.70 bits per heavy atom. The molecule has 0 aromatic heterocycles. The van der Waals surface area contributed by atoms with Crippen LogP contribution in [-0.2, 0) is 19.4 Å². The van der Waals surface area contributed by atoms with Gasteiger partial charge in [0, 0.05) is 18.2 Å². The summed E-state index contributed by atoms with van der Waals surface area (Å²) < 4.78 is 27.8. The third-order valence-electron chi connectivity index (χ3n) is 3.76. The summed E-state index contributed by atoms with van der Waals surface area (Å²) in [6.45, 7) is 0.204. The van der Waals surface area contributed by atoms with Gasteiger partial charge in [-0.15, -0.1) is 0 Å². The summed E-state index contributed by atoms with van der Waals surface area (Å²) in [6, 6.07) is 11.2. The van der Waals surface area contributed by atoms with E-state index in [2.05, 4.69) is 33.4 Å². The molecule has 1 aliphatic carbocycles. The summed E-state index contributed by atoms with van der Waals surface area (Å²) in [5, 5.41) is 3.25. The van der Waals surface area contributed by atoms with Crippen LogP contribution in [0, 0.1) is 11.6 Å². The van der Waals surface area contributed by atoms with Crippen LogP contribution in [0.25, 0.3) is 0 Å². The fourth-order valence-electron chi connectivity index (χ4n) is 2.68. The first-order chi connectivity index (χ1) is 9.65. The lowest BCUT2D eigenvalue weighted by Gasteiger charge is -2.13.